The Kier molecular flexibility index (Phi) is 7.18. The number of halogens is 1. The Labute approximate surface area is 203 Å². The van der Waals surface area contributed by atoms with E-state index in [2.05, 4.69) is 10.3 Å². The van der Waals surface area contributed by atoms with E-state index in [-0.39, 0.29) is 18.1 Å². The van der Waals surface area contributed by atoms with Crippen molar-refractivity contribution >= 4 is 34.2 Å². The lowest BCUT2D eigenvalue weighted by Gasteiger charge is -2.23. The van der Waals surface area contributed by atoms with Crippen LogP contribution in [0.25, 0.3) is 10.9 Å². The number of nitrogens with one attached hydrogen (secondary N) is 2. The zero-order valence-electron chi connectivity index (χ0n) is 19.1. The average molecular weight is 476 g/mol. The van der Waals surface area contributed by atoms with E-state index in [1.54, 1.807) is 29.2 Å². The number of aryl methyl sites for hydroxylation is 1. The zero-order valence-corrected chi connectivity index (χ0v) is 19.9. The molecule has 0 saturated carbocycles. The number of hydrogen-bond acceptors (Lipinski definition) is 3. The maximum Gasteiger partial charge on any atom is 0.322 e. The molecule has 174 valence electrons. The van der Waals surface area contributed by atoms with Gasteiger partial charge in [-0.15, -0.1) is 0 Å². The first-order valence-corrected chi connectivity index (χ1v) is 11.4. The molecule has 0 saturated heterocycles. The Morgan fingerprint density at radius 1 is 1.03 bits per heavy atom. The SMILES string of the molecule is CCOc1ccc2[nH]c(=O)c(CN(Cc3ccc(C)cc3)C(=O)Nc3cccc(Cl)c3)cc2c1. The Balaban J connectivity index is 1.65. The first-order chi connectivity index (χ1) is 16.4. The highest BCUT2D eigenvalue weighted by molar-refractivity contribution is 6.30. The molecule has 7 heteroatoms. The summed E-state index contributed by atoms with van der Waals surface area (Å²) in [5.41, 5.74) is 3.64. The van der Waals surface area contributed by atoms with Crippen LogP contribution in [0, 0.1) is 6.92 Å². The van der Waals surface area contributed by atoms with E-state index < -0.39 is 0 Å². The highest BCUT2D eigenvalue weighted by Gasteiger charge is 2.17. The summed E-state index contributed by atoms with van der Waals surface area (Å²) in [5.74, 6) is 0.725. The molecule has 1 heterocycles. The van der Waals surface area contributed by atoms with E-state index in [1.807, 2.05) is 62.4 Å². The minimum Gasteiger partial charge on any atom is -0.494 e. The summed E-state index contributed by atoms with van der Waals surface area (Å²) in [4.78, 5) is 30.6. The fraction of sp³-hybridized carbons (Fsp3) is 0.185. The molecule has 0 bridgehead atoms. The Bertz CT molecular complexity index is 1370. The minimum absolute atomic E-state index is 0.129. The largest absolute Gasteiger partial charge is 0.494 e. The molecular weight excluding hydrogens is 450 g/mol. The van der Waals surface area contributed by atoms with Crippen molar-refractivity contribution in [1.29, 1.82) is 0 Å². The monoisotopic (exact) mass is 475 g/mol. The standard InChI is InChI=1S/C27H26ClN3O3/c1-3-34-24-11-12-25-20(14-24)13-21(26(32)30-25)17-31(16-19-9-7-18(2)8-10-19)27(33)29-23-6-4-5-22(28)15-23/h4-15H,3,16-17H2,1-2H3,(H,29,33)(H,30,32). The van der Waals surface area contributed by atoms with E-state index in [1.165, 1.54) is 0 Å². The van der Waals surface area contributed by atoms with Crippen molar-refractivity contribution in [2.24, 2.45) is 0 Å². The van der Waals surface area contributed by atoms with Gasteiger partial charge in [0.15, 0.2) is 0 Å². The number of carbonyl (C=O) groups is 1. The summed E-state index contributed by atoms with van der Waals surface area (Å²) in [6.07, 6.45) is 0. The summed E-state index contributed by atoms with van der Waals surface area (Å²) < 4.78 is 5.59. The number of H-pyrrole nitrogens is 1. The molecule has 0 unspecified atom stereocenters. The molecule has 0 atom stereocenters. The predicted molar refractivity (Wildman–Crippen MR) is 137 cm³/mol. The van der Waals surface area contributed by atoms with Crippen LogP contribution in [-0.2, 0) is 13.1 Å². The lowest BCUT2D eigenvalue weighted by Crippen LogP contribution is -2.35. The average Bonchev–Trinajstić information content (AvgIpc) is 2.81. The number of rotatable bonds is 7. The molecule has 34 heavy (non-hydrogen) atoms. The molecule has 4 aromatic rings. The van der Waals surface area contributed by atoms with Gasteiger partial charge < -0.3 is 19.9 Å². The summed E-state index contributed by atoms with van der Waals surface area (Å²) in [6, 6.07) is 21.9. The van der Waals surface area contributed by atoms with Gasteiger partial charge >= 0.3 is 6.03 Å². The number of pyridine rings is 1. The number of carbonyl (C=O) groups excluding carboxylic acids is 1. The molecule has 0 spiro atoms. The minimum atomic E-state index is -0.328. The molecule has 0 radical (unpaired) electrons. The number of nitrogens with zero attached hydrogens (tertiary/aromatic N) is 1. The second kappa shape index (κ2) is 10.4. The van der Waals surface area contributed by atoms with Crippen LogP contribution in [0.4, 0.5) is 10.5 Å². The number of amides is 2. The number of aromatic amines is 1. The van der Waals surface area contributed by atoms with Crippen LogP contribution in [-0.4, -0.2) is 22.5 Å². The number of anilines is 1. The number of urea groups is 1. The second-order valence-corrected chi connectivity index (χ2v) is 8.52. The molecule has 0 aliphatic heterocycles. The van der Waals surface area contributed by atoms with Gasteiger partial charge in [-0.2, -0.15) is 0 Å². The van der Waals surface area contributed by atoms with Crippen LogP contribution in [0.2, 0.25) is 5.02 Å². The van der Waals surface area contributed by atoms with Crippen molar-refractivity contribution in [3.05, 3.63) is 105 Å². The normalized spacial score (nSPS) is 10.8. The van der Waals surface area contributed by atoms with Crippen molar-refractivity contribution in [2.75, 3.05) is 11.9 Å². The Morgan fingerprint density at radius 2 is 1.82 bits per heavy atom. The fourth-order valence-electron chi connectivity index (χ4n) is 3.69. The summed E-state index contributed by atoms with van der Waals surface area (Å²) in [6.45, 7) is 4.95. The van der Waals surface area contributed by atoms with Crippen molar-refractivity contribution in [2.45, 2.75) is 26.9 Å². The lowest BCUT2D eigenvalue weighted by atomic mass is 10.1. The molecule has 6 nitrogen and oxygen atoms in total. The van der Waals surface area contributed by atoms with Crippen molar-refractivity contribution < 1.29 is 9.53 Å². The van der Waals surface area contributed by atoms with E-state index in [4.69, 9.17) is 16.3 Å². The molecule has 0 aliphatic carbocycles. The maximum absolute atomic E-state index is 13.3. The van der Waals surface area contributed by atoms with Gasteiger partial charge in [0.05, 0.1) is 13.2 Å². The summed E-state index contributed by atoms with van der Waals surface area (Å²) >= 11 is 6.07. The highest BCUT2D eigenvalue weighted by atomic mass is 35.5. The van der Waals surface area contributed by atoms with Crippen LogP contribution < -0.4 is 15.6 Å². The number of ether oxygens (including phenoxy) is 1. The van der Waals surface area contributed by atoms with Gasteiger partial charge in [0.2, 0.25) is 0 Å². The number of fused-ring (bicyclic) bond motifs is 1. The topological polar surface area (TPSA) is 74.4 Å². The molecule has 2 N–H and O–H groups in total. The van der Waals surface area contributed by atoms with Crippen LogP contribution in [0.15, 0.2) is 77.6 Å². The van der Waals surface area contributed by atoms with Crippen molar-refractivity contribution in [3.63, 3.8) is 0 Å². The predicted octanol–water partition coefficient (Wildman–Crippen LogP) is 6.12. The van der Waals surface area contributed by atoms with Gasteiger partial charge in [-0.05, 0) is 61.9 Å². The van der Waals surface area contributed by atoms with Crippen molar-refractivity contribution in [1.82, 2.24) is 9.88 Å². The Morgan fingerprint density at radius 3 is 2.56 bits per heavy atom. The third-order valence-electron chi connectivity index (χ3n) is 5.42. The van der Waals surface area contributed by atoms with Crippen molar-refractivity contribution in [3.8, 4) is 5.75 Å². The number of hydrogen-bond donors (Lipinski definition) is 2. The number of aromatic nitrogens is 1. The van der Waals surface area contributed by atoms with Gasteiger partial charge in [-0.1, -0.05) is 47.5 Å². The van der Waals surface area contributed by atoms with E-state index in [0.717, 1.165) is 22.3 Å². The Hall–Kier alpha value is -3.77. The third-order valence-corrected chi connectivity index (χ3v) is 5.66. The lowest BCUT2D eigenvalue weighted by molar-refractivity contribution is 0.206. The third kappa shape index (κ3) is 5.77. The van der Waals surface area contributed by atoms with E-state index in [9.17, 15) is 9.59 Å². The smallest absolute Gasteiger partial charge is 0.322 e. The van der Waals surface area contributed by atoms with E-state index in [0.29, 0.717) is 34.9 Å². The first kappa shape index (κ1) is 23.4. The summed E-state index contributed by atoms with van der Waals surface area (Å²) in [5, 5.41) is 4.25. The van der Waals surface area contributed by atoms with Crippen LogP contribution >= 0.6 is 11.6 Å². The number of benzene rings is 3. The van der Waals surface area contributed by atoms with Crippen LogP contribution in [0.5, 0.6) is 5.75 Å². The van der Waals surface area contributed by atoms with Gasteiger partial charge in [0.1, 0.15) is 5.75 Å². The molecule has 0 fully saturated rings. The zero-order chi connectivity index (χ0) is 24.1. The van der Waals surface area contributed by atoms with Crippen LogP contribution in [0.3, 0.4) is 0 Å². The van der Waals surface area contributed by atoms with Gasteiger partial charge in [0.25, 0.3) is 5.56 Å². The molecular formula is C27H26ClN3O3. The quantitative estimate of drug-likeness (QED) is 0.338. The van der Waals surface area contributed by atoms with Gasteiger partial charge in [0, 0.05) is 33.7 Å². The second-order valence-electron chi connectivity index (χ2n) is 8.09. The molecule has 1 aromatic heterocycles. The summed E-state index contributed by atoms with van der Waals surface area (Å²) in [7, 11) is 0. The van der Waals surface area contributed by atoms with E-state index >= 15 is 0 Å². The molecule has 0 aliphatic rings. The van der Waals surface area contributed by atoms with Crippen LogP contribution in [0.1, 0.15) is 23.6 Å². The van der Waals surface area contributed by atoms with Gasteiger partial charge in [-0.3, -0.25) is 4.79 Å². The first-order valence-electron chi connectivity index (χ1n) is 11.1. The molecule has 3 aromatic carbocycles. The van der Waals surface area contributed by atoms with Gasteiger partial charge in [-0.25, -0.2) is 4.79 Å². The maximum atomic E-state index is 13.3. The molecule has 2 amide bonds. The highest BCUT2D eigenvalue weighted by Crippen LogP contribution is 2.21. The molecule has 4 rings (SSSR count). The fourth-order valence-corrected chi connectivity index (χ4v) is 3.88.